The van der Waals surface area contributed by atoms with Gasteiger partial charge >= 0.3 is 0 Å². The summed E-state index contributed by atoms with van der Waals surface area (Å²) in [5.74, 6) is 2.03. The second kappa shape index (κ2) is 12.1. The number of likely N-dealkylation sites (tertiary alicyclic amines) is 1. The molecule has 1 N–H and O–H groups in total. The van der Waals surface area contributed by atoms with Crippen LogP contribution < -0.4 is 4.74 Å². The van der Waals surface area contributed by atoms with Crippen molar-refractivity contribution in [3.63, 3.8) is 0 Å². The second-order valence-electron chi connectivity index (χ2n) is 8.46. The van der Waals surface area contributed by atoms with Gasteiger partial charge < -0.3 is 14.7 Å². The van der Waals surface area contributed by atoms with Gasteiger partial charge in [-0.2, -0.15) is 0 Å². The van der Waals surface area contributed by atoms with Gasteiger partial charge in [-0.15, -0.1) is 0 Å². The Bertz CT molecular complexity index is 568. The molecule has 1 amide bonds. The third-order valence-electron chi connectivity index (χ3n) is 5.36. The zero-order chi connectivity index (χ0) is 20.4. The van der Waals surface area contributed by atoms with Gasteiger partial charge in [-0.1, -0.05) is 45.2 Å². The zero-order valence-corrected chi connectivity index (χ0v) is 17.9. The summed E-state index contributed by atoms with van der Waals surface area (Å²) in [6.07, 6.45) is 5.59. The number of aliphatic hydroxyl groups is 1. The molecule has 2 rings (SSSR count). The van der Waals surface area contributed by atoms with Crippen LogP contribution in [0.15, 0.2) is 24.3 Å². The van der Waals surface area contributed by atoms with Crippen molar-refractivity contribution >= 4 is 5.91 Å². The van der Waals surface area contributed by atoms with Gasteiger partial charge in [-0.3, -0.25) is 9.69 Å². The molecule has 1 heterocycles. The third-order valence-corrected chi connectivity index (χ3v) is 5.36. The van der Waals surface area contributed by atoms with Gasteiger partial charge in [-0.05, 0) is 36.5 Å². The monoisotopic (exact) mass is 390 g/mol. The molecule has 5 heteroatoms. The molecule has 0 spiro atoms. The average molecular weight is 391 g/mol. The number of benzene rings is 1. The largest absolute Gasteiger partial charge is 0.494 e. The molecule has 5 nitrogen and oxygen atoms in total. The molecule has 28 heavy (non-hydrogen) atoms. The van der Waals surface area contributed by atoms with Crippen LogP contribution in [0.4, 0.5) is 0 Å². The van der Waals surface area contributed by atoms with Crippen LogP contribution in [0.2, 0.25) is 0 Å². The maximum atomic E-state index is 12.3. The van der Waals surface area contributed by atoms with E-state index in [2.05, 4.69) is 43.0 Å². The molecule has 0 radical (unpaired) electrons. The van der Waals surface area contributed by atoms with E-state index in [-0.39, 0.29) is 18.4 Å². The lowest BCUT2D eigenvalue weighted by Gasteiger charge is -2.40. The van der Waals surface area contributed by atoms with E-state index in [4.69, 9.17) is 9.84 Å². The van der Waals surface area contributed by atoms with Crippen molar-refractivity contribution in [2.75, 3.05) is 39.9 Å². The minimum atomic E-state index is 0.0991. The third kappa shape index (κ3) is 7.80. The lowest BCUT2D eigenvalue weighted by Crippen LogP contribution is -2.53. The predicted molar refractivity (Wildman–Crippen MR) is 113 cm³/mol. The average Bonchev–Trinajstić information content (AvgIpc) is 2.65. The first-order chi connectivity index (χ1) is 13.5. The Labute approximate surface area is 170 Å². The number of ether oxygens (including phenoxy) is 1. The Morgan fingerprint density at radius 1 is 1.18 bits per heavy atom. The quantitative estimate of drug-likeness (QED) is 0.523. The number of hydrogen-bond donors (Lipinski definition) is 1. The second-order valence-corrected chi connectivity index (χ2v) is 8.46. The Morgan fingerprint density at radius 3 is 2.54 bits per heavy atom. The van der Waals surface area contributed by atoms with Gasteiger partial charge in [0, 0.05) is 39.8 Å². The van der Waals surface area contributed by atoms with E-state index in [1.165, 1.54) is 24.8 Å². The highest BCUT2D eigenvalue weighted by Gasteiger charge is 2.33. The molecular weight excluding hydrogens is 352 g/mol. The SMILES string of the molecule is CC(C)CCCCCOc1ccc(CN2CC(C(=O)N(C)CCCO)C2)cc1. The highest BCUT2D eigenvalue weighted by Crippen LogP contribution is 2.22. The van der Waals surface area contributed by atoms with Crippen LogP contribution in [0, 0.1) is 11.8 Å². The van der Waals surface area contributed by atoms with Crippen LogP contribution in [-0.4, -0.2) is 60.7 Å². The summed E-state index contributed by atoms with van der Waals surface area (Å²) >= 11 is 0. The Morgan fingerprint density at radius 2 is 1.89 bits per heavy atom. The number of amides is 1. The number of nitrogens with zero attached hydrogens (tertiary/aromatic N) is 2. The number of rotatable bonds is 13. The van der Waals surface area contributed by atoms with Gasteiger partial charge in [0.15, 0.2) is 0 Å². The minimum Gasteiger partial charge on any atom is -0.494 e. The normalized spacial score (nSPS) is 14.9. The summed E-state index contributed by atoms with van der Waals surface area (Å²) in [7, 11) is 1.82. The fourth-order valence-electron chi connectivity index (χ4n) is 3.56. The van der Waals surface area contributed by atoms with Crippen LogP contribution in [0.3, 0.4) is 0 Å². The standard InChI is InChI=1S/C23H38N2O3/c1-19(2)8-5-4-6-15-28-22-11-9-20(10-12-22)16-25-17-21(18-25)23(27)24(3)13-7-14-26/h9-12,19,21,26H,4-8,13-18H2,1-3H3. The number of aliphatic hydroxyl groups excluding tert-OH is 1. The lowest BCUT2D eigenvalue weighted by molar-refractivity contribution is -0.140. The molecular formula is C23H38N2O3. The number of carbonyl (C=O) groups excluding carboxylic acids is 1. The van der Waals surface area contributed by atoms with Crippen molar-refractivity contribution in [3.8, 4) is 5.75 Å². The maximum absolute atomic E-state index is 12.3. The highest BCUT2D eigenvalue weighted by molar-refractivity contribution is 5.79. The molecule has 0 aromatic heterocycles. The zero-order valence-electron chi connectivity index (χ0n) is 17.9. The summed E-state index contributed by atoms with van der Waals surface area (Å²) < 4.78 is 5.84. The van der Waals surface area contributed by atoms with E-state index in [1.54, 1.807) is 4.90 Å². The van der Waals surface area contributed by atoms with Crippen LogP contribution in [0.25, 0.3) is 0 Å². The first-order valence-corrected chi connectivity index (χ1v) is 10.8. The van der Waals surface area contributed by atoms with E-state index in [9.17, 15) is 4.79 Å². The fourth-order valence-corrected chi connectivity index (χ4v) is 3.56. The lowest BCUT2D eigenvalue weighted by atomic mass is 9.97. The number of unbranched alkanes of at least 4 members (excludes halogenated alkanes) is 2. The van der Waals surface area contributed by atoms with Crippen molar-refractivity contribution in [1.29, 1.82) is 0 Å². The van der Waals surface area contributed by atoms with Gasteiger partial charge in [0.05, 0.1) is 12.5 Å². The van der Waals surface area contributed by atoms with Crippen LogP contribution in [0.5, 0.6) is 5.75 Å². The summed E-state index contributed by atoms with van der Waals surface area (Å²) in [4.78, 5) is 16.3. The van der Waals surface area contributed by atoms with Gasteiger partial charge in [0.25, 0.3) is 0 Å². The molecule has 1 saturated heterocycles. The summed E-state index contributed by atoms with van der Waals surface area (Å²) in [6, 6.07) is 8.34. The van der Waals surface area contributed by atoms with E-state index in [1.807, 2.05) is 7.05 Å². The smallest absolute Gasteiger partial charge is 0.228 e. The van der Waals surface area contributed by atoms with E-state index >= 15 is 0 Å². The van der Waals surface area contributed by atoms with E-state index in [0.29, 0.717) is 13.0 Å². The van der Waals surface area contributed by atoms with Crippen LogP contribution in [0.1, 0.15) is 51.5 Å². The van der Waals surface area contributed by atoms with Crippen molar-refractivity contribution in [3.05, 3.63) is 29.8 Å². The minimum absolute atomic E-state index is 0.0991. The van der Waals surface area contributed by atoms with E-state index in [0.717, 1.165) is 44.3 Å². The number of hydrogen-bond acceptors (Lipinski definition) is 4. The van der Waals surface area contributed by atoms with Crippen LogP contribution in [-0.2, 0) is 11.3 Å². The molecule has 0 atom stereocenters. The van der Waals surface area contributed by atoms with Crippen molar-refractivity contribution < 1.29 is 14.6 Å². The predicted octanol–water partition coefficient (Wildman–Crippen LogP) is 3.55. The summed E-state index contributed by atoms with van der Waals surface area (Å²) in [6.45, 7) is 8.60. The Hall–Kier alpha value is -1.59. The number of carbonyl (C=O) groups is 1. The van der Waals surface area contributed by atoms with Crippen molar-refractivity contribution in [2.24, 2.45) is 11.8 Å². The molecule has 1 aromatic rings. The molecule has 1 aromatic carbocycles. The molecule has 158 valence electrons. The molecule has 0 bridgehead atoms. The first kappa shape index (κ1) is 22.7. The fraction of sp³-hybridized carbons (Fsp3) is 0.696. The maximum Gasteiger partial charge on any atom is 0.228 e. The summed E-state index contributed by atoms with van der Waals surface area (Å²) in [5.41, 5.74) is 1.25. The van der Waals surface area contributed by atoms with Crippen LogP contribution >= 0.6 is 0 Å². The molecule has 1 aliphatic heterocycles. The Balaban J connectivity index is 1.61. The summed E-state index contributed by atoms with van der Waals surface area (Å²) in [5, 5.41) is 8.88. The topological polar surface area (TPSA) is 53.0 Å². The molecule has 1 aliphatic rings. The molecule has 1 fully saturated rings. The first-order valence-electron chi connectivity index (χ1n) is 10.8. The highest BCUT2D eigenvalue weighted by atomic mass is 16.5. The van der Waals surface area contributed by atoms with E-state index < -0.39 is 0 Å². The Kier molecular flexibility index (Phi) is 9.79. The van der Waals surface area contributed by atoms with Gasteiger partial charge in [0.2, 0.25) is 5.91 Å². The molecule has 0 saturated carbocycles. The molecule has 0 unspecified atom stereocenters. The van der Waals surface area contributed by atoms with Gasteiger partial charge in [0.1, 0.15) is 5.75 Å². The van der Waals surface area contributed by atoms with Crippen molar-refractivity contribution in [2.45, 2.75) is 52.5 Å². The molecule has 0 aliphatic carbocycles. The van der Waals surface area contributed by atoms with Gasteiger partial charge in [-0.25, -0.2) is 0 Å². The van der Waals surface area contributed by atoms with Crippen molar-refractivity contribution in [1.82, 2.24) is 9.80 Å².